The molecule has 0 spiro atoms. The Bertz CT molecular complexity index is 1260. The number of hydrogen-bond acceptors (Lipinski definition) is 2. The number of likely N-dealkylation sites (tertiary alicyclic amines) is 1. The predicted molar refractivity (Wildman–Crippen MR) is 129 cm³/mol. The van der Waals surface area contributed by atoms with Crippen molar-refractivity contribution in [1.29, 1.82) is 0 Å². The van der Waals surface area contributed by atoms with Gasteiger partial charge in [-0.25, -0.2) is 4.98 Å². The first-order valence-corrected chi connectivity index (χ1v) is 11.5. The van der Waals surface area contributed by atoms with Crippen LogP contribution in [0.2, 0.25) is 5.02 Å². The lowest BCUT2D eigenvalue weighted by Gasteiger charge is -2.34. The van der Waals surface area contributed by atoms with Gasteiger partial charge in [0.05, 0.1) is 21.6 Å². The number of aryl methyl sites for hydroxylation is 1. The molecule has 0 atom stereocenters. The third-order valence-electron chi connectivity index (χ3n) is 6.34. The number of halogens is 1. The third-order valence-corrected chi connectivity index (χ3v) is 6.67. The summed E-state index contributed by atoms with van der Waals surface area (Å²) in [6.45, 7) is 3.41. The van der Waals surface area contributed by atoms with Crippen molar-refractivity contribution in [3.8, 4) is 0 Å². The monoisotopic (exact) mass is 443 g/mol. The van der Waals surface area contributed by atoms with E-state index in [-0.39, 0.29) is 5.91 Å². The van der Waals surface area contributed by atoms with Crippen molar-refractivity contribution >= 4 is 28.5 Å². The number of benzene rings is 3. The second-order valence-corrected chi connectivity index (χ2v) is 8.96. The molecule has 1 saturated heterocycles. The number of nitrogens with zero attached hydrogens (tertiary/aromatic N) is 3. The van der Waals surface area contributed by atoms with Gasteiger partial charge < -0.3 is 9.47 Å². The molecule has 1 fully saturated rings. The molecule has 0 N–H and O–H groups in total. The van der Waals surface area contributed by atoms with E-state index in [2.05, 4.69) is 47.0 Å². The second kappa shape index (κ2) is 8.79. The lowest BCUT2D eigenvalue weighted by molar-refractivity contribution is 0.0695. The SMILES string of the molecule is Cc1ccc(Cl)c(C(=O)N2CCC(n3c(Cc4ccccc4)nc4ccccc43)CC2)c1. The van der Waals surface area contributed by atoms with Gasteiger partial charge in [-0.1, -0.05) is 65.7 Å². The minimum absolute atomic E-state index is 0.0251. The minimum atomic E-state index is 0.0251. The van der Waals surface area contributed by atoms with Crippen molar-refractivity contribution in [2.75, 3.05) is 13.1 Å². The summed E-state index contributed by atoms with van der Waals surface area (Å²) in [6.07, 6.45) is 2.60. The lowest BCUT2D eigenvalue weighted by Crippen LogP contribution is -2.39. The van der Waals surface area contributed by atoms with Gasteiger partial charge in [-0.15, -0.1) is 0 Å². The molecule has 1 amide bonds. The van der Waals surface area contributed by atoms with E-state index in [1.807, 2.05) is 42.2 Å². The Morgan fingerprint density at radius 1 is 1.00 bits per heavy atom. The van der Waals surface area contributed by atoms with Crippen LogP contribution in [0.15, 0.2) is 72.8 Å². The standard InChI is InChI=1S/C27H26ClN3O/c1-19-11-12-23(28)22(17-19)27(32)30-15-13-21(14-16-30)31-25-10-6-5-9-24(25)29-26(31)18-20-7-3-2-4-8-20/h2-12,17,21H,13-16,18H2,1H3. The number of aromatic nitrogens is 2. The quantitative estimate of drug-likeness (QED) is 0.384. The predicted octanol–water partition coefficient (Wildman–Crippen LogP) is 6.07. The van der Waals surface area contributed by atoms with Crippen molar-refractivity contribution in [2.45, 2.75) is 32.2 Å². The average molecular weight is 444 g/mol. The molecular weight excluding hydrogens is 418 g/mol. The van der Waals surface area contributed by atoms with Crippen LogP contribution < -0.4 is 0 Å². The van der Waals surface area contributed by atoms with Crippen LogP contribution in [0.3, 0.4) is 0 Å². The highest BCUT2D eigenvalue weighted by Gasteiger charge is 2.28. The van der Waals surface area contributed by atoms with Gasteiger partial charge in [0.2, 0.25) is 0 Å². The summed E-state index contributed by atoms with van der Waals surface area (Å²) >= 11 is 6.32. The zero-order valence-corrected chi connectivity index (χ0v) is 18.9. The van der Waals surface area contributed by atoms with E-state index in [0.29, 0.717) is 29.7 Å². The summed E-state index contributed by atoms with van der Waals surface area (Å²) in [5.41, 5.74) is 5.10. The van der Waals surface area contributed by atoms with Crippen LogP contribution in [-0.4, -0.2) is 33.4 Å². The number of hydrogen-bond donors (Lipinski definition) is 0. The summed E-state index contributed by atoms with van der Waals surface area (Å²) in [7, 11) is 0. The third kappa shape index (κ3) is 4.03. The Hall–Kier alpha value is -3.11. The fraction of sp³-hybridized carbons (Fsp3) is 0.259. The first-order chi connectivity index (χ1) is 15.6. The van der Waals surface area contributed by atoms with Gasteiger partial charge >= 0.3 is 0 Å². The first kappa shape index (κ1) is 20.8. The normalized spacial score (nSPS) is 14.8. The second-order valence-electron chi connectivity index (χ2n) is 8.56. The molecule has 162 valence electrons. The molecule has 1 aliphatic heterocycles. The number of fused-ring (bicyclic) bond motifs is 1. The van der Waals surface area contributed by atoms with E-state index in [9.17, 15) is 4.79 Å². The van der Waals surface area contributed by atoms with Gasteiger partial charge in [-0.2, -0.15) is 0 Å². The molecule has 3 aromatic carbocycles. The molecule has 4 aromatic rings. The van der Waals surface area contributed by atoms with Crippen LogP contribution in [0.1, 0.15) is 46.2 Å². The van der Waals surface area contributed by atoms with Crippen molar-refractivity contribution in [2.24, 2.45) is 0 Å². The van der Waals surface area contributed by atoms with Gasteiger partial charge in [-0.05, 0) is 49.6 Å². The molecule has 0 unspecified atom stereocenters. The Balaban J connectivity index is 1.39. The molecule has 5 rings (SSSR count). The van der Waals surface area contributed by atoms with Gasteiger partial charge in [0, 0.05) is 25.6 Å². The largest absolute Gasteiger partial charge is 0.338 e. The minimum Gasteiger partial charge on any atom is -0.338 e. The lowest BCUT2D eigenvalue weighted by atomic mass is 10.0. The molecule has 0 saturated carbocycles. The topological polar surface area (TPSA) is 38.1 Å². The van der Waals surface area contributed by atoms with Gasteiger partial charge in [-0.3, -0.25) is 4.79 Å². The van der Waals surface area contributed by atoms with E-state index in [1.165, 1.54) is 11.1 Å². The molecule has 5 heteroatoms. The van der Waals surface area contributed by atoms with Crippen LogP contribution in [0.4, 0.5) is 0 Å². The molecule has 32 heavy (non-hydrogen) atoms. The zero-order valence-electron chi connectivity index (χ0n) is 18.2. The first-order valence-electron chi connectivity index (χ1n) is 11.2. The summed E-state index contributed by atoms with van der Waals surface area (Å²) in [4.78, 5) is 20.0. The number of imidazole rings is 1. The number of carbonyl (C=O) groups is 1. The Morgan fingerprint density at radius 3 is 2.50 bits per heavy atom. The summed E-state index contributed by atoms with van der Waals surface area (Å²) in [6, 6.07) is 24.8. The van der Waals surface area contributed by atoms with E-state index in [0.717, 1.165) is 36.2 Å². The Morgan fingerprint density at radius 2 is 1.72 bits per heavy atom. The molecule has 2 heterocycles. The molecule has 1 aromatic heterocycles. The van der Waals surface area contributed by atoms with Gasteiger partial charge in [0.1, 0.15) is 5.82 Å². The molecule has 4 nitrogen and oxygen atoms in total. The molecule has 0 aliphatic carbocycles. The van der Waals surface area contributed by atoms with Crippen molar-refractivity contribution < 1.29 is 4.79 Å². The van der Waals surface area contributed by atoms with Crippen LogP contribution in [0, 0.1) is 6.92 Å². The zero-order chi connectivity index (χ0) is 22.1. The molecule has 0 radical (unpaired) electrons. The van der Waals surface area contributed by atoms with E-state index < -0.39 is 0 Å². The molecule has 1 aliphatic rings. The van der Waals surface area contributed by atoms with Gasteiger partial charge in [0.25, 0.3) is 5.91 Å². The number of piperidine rings is 1. The summed E-state index contributed by atoms with van der Waals surface area (Å²) < 4.78 is 2.41. The maximum absolute atomic E-state index is 13.1. The van der Waals surface area contributed by atoms with Crippen molar-refractivity contribution in [3.63, 3.8) is 0 Å². The number of amides is 1. The van der Waals surface area contributed by atoms with E-state index in [1.54, 1.807) is 0 Å². The number of para-hydroxylation sites is 2. The van der Waals surface area contributed by atoms with Crippen LogP contribution >= 0.6 is 11.6 Å². The van der Waals surface area contributed by atoms with E-state index >= 15 is 0 Å². The summed E-state index contributed by atoms with van der Waals surface area (Å²) in [5, 5.41) is 0.522. The van der Waals surface area contributed by atoms with Gasteiger partial charge in [0.15, 0.2) is 0 Å². The highest BCUT2D eigenvalue weighted by molar-refractivity contribution is 6.33. The van der Waals surface area contributed by atoms with Crippen LogP contribution in [0.25, 0.3) is 11.0 Å². The Labute approximate surface area is 193 Å². The fourth-order valence-corrected chi connectivity index (χ4v) is 4.90. The maximum atomic E-state index is 13.1. The number of carbonyl (C=O) groups excluding carboxylic acids is 1. The highest BCUT2D eigenvalue weighted by Crippen LogP contribution is 2.31. The highest BCUT2D eigenvalue weighted by atomic mass is 35.5. The Kier molecular flexibility index (Phi) is 5.71. The maximum Gasteiger partial charge on any atom is 0.255 e. The summed E-state index contributed by atoms with van der Waals surface area (Å²) in [5.74, 6) is 1.11. The average Bonchev–Trinajstić information content (AvgIpc) is 3.18. The van der Waals surface area contributed by atoms with Crippen molar-refractivity contribution in [3.05, 3.63) is 100 Å². The van der Waals surface area contributed by atoms with Crippen molar-refractivity contribution in [1.82, 2.24) is 14.5 Å². The molecular formula is C27H26ClN3O. The fourth-order valence-electron chi connectivity index (χ4n) is 4.71. The van der Waals surface area contributed by atoms with E-state index in [4.69, 9.17) is 16.6 Å². The number of rotatable bonds is 4. The molecule has 0 bridgehead atoms. The van der Waals surface area contributed by atoms with Crippen LogP contribution in [0.5, 0.6) is 0 Å². The van der Waals surface area contributed by atoms with Crippen LogP contribution in [-0.2, 0) is 6.42 Å². The smallest absolute Gasteiger partial charge is 0.255 e.